The van der Waals surface area contributed by atoms with E-state index in [9.17, 15) is 23.2 Å². The Morgan fingerprint density at radius 3 is 2.79 bits per heavy atom. The Hall–Kier alpha value is -4.24. The maximum absolute atomic E-state index is 17.2. The summed E-state index contributed by atoms with van der Waals surface area (Å²) in [5.41, 5.74) is 4.68. The van der Waals surface area contributed by atoms with Crippen LogP contribution in [0.2, 0.25) is 5.02 Å². The van der Waals surface area contributed by atoms with Crippen LogP contribution in [0, 0.1) is 28.9 Å². The smallest absolute Gasteiger partial charge is 0.319 e. The fourth-order valence-electron chi connectivity index (χ4n) is 8.00. The summed E-state index contributed by atoms with van der Waals surface area (Å²) in [6, 6.07) is 3.02. The van der Waals surface area contributed by atoms with E-state index < -0.39 is 47.9 Å². The van der Waals surface area contributed by atoms with Crippen LogP contribution < -0.4 is 25.4 Å². The molecule has 2 aromatic heterocycles. The lowest BCUT2D eigenvalue weighted by atomic mass is 9.95. The minimum atomic E-state index is -2.90. The van der Waals surface area contributed by atoms with E-state index in [1.165, 1.54) is 11.0 Å². The van der Waals surface area contributed by atoms with Crippen LogP contribution in [0.4, 0.5) is 32.8 Å². The van der Waals surface area contributed by atoms with Gasteiger partial charge in [0.25, 0.3) is 6.43 Å². The van der Waals surface area contributed by atoms with Gasteiger partial charge < -0.3 is 30.2 Å². The number of amides is 1. The molecule has 6 heterocycles. The highest BCUT2D eigenvalue weighted by Gasteiger charge is 2.49. The van der Waals surface area contributed by atoms with Crippen LogP contribution >= 0.6 is 22.9 Å². The van der Waals surface area contributed by atoms with Crippen molar-refractivity contribution in [3.8, 4) is 29.0 Å². The number of thiophene rings is 1. The number of alkyl halides is 3. The molecule has 4 aliphatic rings. The number of hydrogen-bond donors (Lipinski definition) is 2. The first-order valence-corrected chi connectivity index (χ1v) is 18.3. The van der Waals surface area contributed by atoms with Gasteiger partial charge in [-0.05, 0) is 31.0 Å². The summed E-state index contributed by atoms with van der Waals surface area (Å²) in [6.07, 6.45) is -2.09. The van der Waals surface area contributed by atoms with E-state index in [2.05, 4.69) is 15.3 Å². The lowest BCUT2D eigenvalue weighted by molar-refractivity contribution is -0.126. The molecule has 18 heteroatoms. The number of nitriles is 1. The third-order valence-electron chi connectivity index (χ3n) is 10.6. The molecular formula is C35H33ClF5N7O4S. The molecule has 11 nitrogen and oxygen atoms in total. The van der Waals surface area contributed by atoms with Crippen molar-refractivity contribution < 1.29 is 41.0 Å². The minimum absolute atomic E-state index is 0.00165. The van der Waals surface area contributed by atoms with Crippen molar-refractivity contribution >= 4 is 60.7 Å². The molecule has 8 rings (SSSR count). The molecular weight excluding hydrogens is 745 g/mol. The Morgan fingerprint density at radius 2 is 2.06 bits per heavy atom. The molecule has 0 spiro atoms. The molecule has 280 valence electrons. The second-order valence-corrected chi connectivity index (χ2v) is 15.4. The molecule has 1 amide bonds. The van der Waals surface area contributed by atoms with Crippen molar-refractivity contribution in [2.24, 2.45) is 5.92 Å². The Bertz CT molecular complexity index is 2170. The van der Waals surface area contributed by atoms with Gasteiger partial charge in [0.2, 0.25) is 5.91 Å². The Balaban J connectivity index is 1.29. The summed E-state index contributed by atoms with van der Waals surface area (Å²) >= 11 is 7.79. The molecule has 0 aliphatic carbocycles. The molecule has 0 radical (unpaired) electrons. The van der Waals surface area contributed by atoms with Crippen LogP contribution in [0.3, 0.4) is 0 Å². The number of hydrogen-bond acceptors (Lipinski definition) is 11. The SMILES string of the molecule is N#Cc1c(N)sc2c(F)ccc(-c3c(Cl)c4c5c(nc(OC[C@@]67CCCN6C[C@H](F)C7)nc5c3F)N(CC(F)F)[C@@H](CNC(=O)CC3COC3)CO4)c12. The standard InChI is InChI=1S/C35H33ClF5N7O4S/c36-27-25(19-2-3-21(38)31-24(19)20(8-42)32(43)53-31)28(41)29-26-30(27)51-14-18(9-44-23(49)6-16-12-50-13-16)48(11-22(39)40)33(26)46-34(45-29)52-15-35-4-1-5-47(35)10-17(37)7-35/h2-3,16-18,22H,1,4-7,9-15,43H2,(H,44,49)/t17-,18+,35+/m1/s1. The number of rotatable bonds is 10. The molecule has 3 atom stereocenters. The number of nitrogens with two attached hydrogens (primary N) is 1. The molecule has 4 aromatic rings. The van der Waals surface area contributed by atoms with Crippen molar-refractivity contribution in [1.29, 1.82) is 5.26 Å². The lowest BCUT2D eigenvalue weighted by Crippen LogP contribution is -2.49. The zero-order valence-corrected chi connectivity index (χ0v) is 29.6. The minimum Gasteiger partial charge on any atom is -0.489 e. The number of aromatic nitrogens is 2. The van der Waals surface area contributed by atoms with Crippen molar-refractivity contribution in [2.45, 2.75) is 49.9 Å². The second kappa shape index (κ2) is 13.9. The fraction of sp³-hybridized carbons (Fsp3) is 0.486. The second-order valence-electron chi connectivity index (χ2n) is 13.9. The van der Waals surface area contributed by atoms with E-state index in [4.69, 9.17) is 31.5 Å². The van der Waals surface area contributed by atoms with E-state index in [0.29, 0.717) is 26.2 Å². The third-order valence-corrected chi connectivity index (χ3v) is 11.9. The molecule has 3 fully saturated rings. The fourth-order valence-corrected chi connectivity index (χ4v) is 9.28. The molecule has 4 aliphatic heterocycles. The van der Waals surface area contributed by atoms with Gasteiger partial charge in [0, 0.05) is 42.8 Å². The number of anilines is 2. The molecule has 0 bridgehead atoms. The van der Waals surface area contributed by atoms with Gasteiger partial charge in [0.15, 0.2) is 11.6 Å². The third kappa shape index (κ3) is 6.22. The highest BCUT2D eigenvalue weighted by molar-refractivity contribution is 7.23. The van der Waals surface area contributed by atoms with E-state index in [1.807, 2.05) is 11.0 Å². The average molecular weight is 778 g/mol. The summed E-state index contributed by atoms with van der Waals surface area (Å²) in [6.45, 7) is 0.453. The van der Waals surface area contributed by atoms with Gasteiger partial charge >= 0.3 is 6.01 Å². The van der Waals surface area contributed by atoms with E-state index in [1.54, 1.807) is 0 Å². The van der Waals surface area contributed by atoms with Crippen molar-refractivity contribution in [1.82, 2.24) is 20.2 Å². The molecule has 0 unspecified atom stereocenters. The largest absolute Gasteiger partial charge is 0.489 e. The van der Waals surface area contributed by atoms with Crippen LogP contribution in [-0.4, -0.2) is 97.6 Å². The number of benzene rings is 2. The van der Waals surface area contributed by atoms with Gasteiger partial charge in [-0.1, -0.05) is 17.7 Å². The van der Waals surface area contributed by atoms with Gasteiger partial charge in [-0.2, -0.15) is 15.2 Å². The van der Waals surface area contributed by atoms with Crippen molar-refractivity contribution in [3.63, 3.8) is 0 Å². The predicted molar refractivity (Wildman–Crippen MR) is 188 cm³/mol. The van der Waals surface area contributed by atoms with Crippen molar-refractivity contribution in [2.75, 3.05) is 63.2 Å². The monoisotopic (exact) mass is 777 g/mol. The summed E-state index contributed by atoms with van der Waals surface area (Å²) in [5, 5.41) is 12.4. The Morgan fingerprint density at radius 1 is 1.25 bits per heavy atom. The number of ether oxygens (including phenoxy) is 3. The predicted octanol–water partition coefficient (Wildman–Crippen LogP) is 5.84. The van der Waals surface area contributed by atoms with Crippen LogP contribution in [0.5, 0.6) is 11.8 Å². The average Bonchev–Trinajstić information content (AvgIpc) is 3.72. The lowest BCUT2D eigenvalue weighted by Gasteiger charge is -2.32. The highest BCUT2D eigenvalue weighted by Crippen LogP contribution is 2.51. The molecule has 53 heavy (non-hydrogen) atoms. The maximum Gasteiger partial charge on any atom is 0.319 e. The summed E-state index contributed by atoms with van der Waals surface area (Å²) in [7, 11) is 0. The van der Waals surface area contributed by atoms with E-state index in [-0.39, 0.29) is 111 Å². The number of nitrogens with zero attached hydrogens (tertiary/aromatic N) is 5. The van der Waals surface area contributed by atoms with Gasteiger partial charge in [-0.25, -0.2) is 22.0 Å². The van der Waals surface area contributed by atoms with E-state index in [0.717, 1.165) is 23.8 Å². The van der Waals surface area contributed by atoms with Crippen molar-refractivity contribution in [3.05, 3.63) is 34.4 Å². The first-order chi connectivity index (χ1) is 25.5. The molecule has 3 saturated heterocycles. The normalized spacial score (nSPS) is 22.9. The van der Waals surface area contributed by atoms with Gasteiger partial charge in [-0.3, -0.25) is 9.69 Å². The number of carbonyl (C=O) groups excluding carboxylic acids is 1. The number of fused-ring (bicyclic) bond motifs is 2. The number of nitrogen functional groups attached to an aromatic ring is 1. The number of nitrogens with one attached hydrogen (secondary N) is 1. The number of carbonyl (C=O) groups is 1. The van der Waals surface area contributed by atoms with E-state index >= 15 is 8.78 Å². The zero-order valence-electron chi connectivity index (χ0n) is 28.1. The summed E-state index contributed by atoms with van der Waals surface area (Å²) in [5.74, 6) is -2.31. The van der Waals surface area contributed by atoms with Gasteiger partial charge in [-0.15, -0.1) is 11.3 Å². The van der Waals surface area contributed by atoms with Gasteiger partial charge in [0.05, 0.1) is 52.0 Å². The Labute approximate surface area is 308 Å². The highest BCUT2D eigenvalue weighted by atomic mass is 35.5. The van der Waals surface area contributed by atoms with Crippen LogP contribution in [0.25, 0.3) is 32.1 Å². The Kier molecular flexibility index (Phi) is 9.36. The van der Waals surface area contributed by atoms with Crippen LogP contribution in [-0.2, 0) is 9.53 Å². The first kappa shape index (κ1) is 35.8. The topological polar surface area (TPSA) is 139 Å². The summed E-state index contributed by atoms with van der Waals surface area (Å²) < 4.78 is 93.1. The van der Waals surface area contributed by atoms with Crippen LogP contribution in [0.1, 0.15) is 31.2 Å². The quantitative estimate of drug-likeness (QED) is 0.189. The maximum atomic E-state index is 17.2. The number of halogens is 6. The molecule has 2 aromatic carbocycles. The molecule has 3 N–H and O–H groups in total. The summed E-state index contributed by atoms with van der Waals surface area (Å²) in [4.78, 5) is 25.0. The van der Waals surface area contributed by atoms with Crippen LogP contribution in [0.15, 0.2) is 12.1 Å². The van der Waals surface area contributed by atoms with Gasteiger partial charge in [0.1, 0.15) is 47.6 Å². The molecule has 0 saturated carbocycles. The first-order valence-electron chi connectivity index (χ1n) is 17.2. The zero-order chi connectivity index (χ0) is 37.2.